The van der Waals surface area contributed by atoms with Crippen LogP contribution >= 0.6 is 11.6 Å². The summed E-state index contributed by atoms with van der Waals surface area (Å²) in [5.41, 5.74) is 4.54. The van der Waals surface area contributed by atoms with Crippen LogP contribution < -0.4 is 5.32 Å². The van der Waals surface area contributed by atoms with Gasteiger partial charge in [0.25, 0.3) is 0 Å². The summed E-state index contributed by atoms with van der Waals surface area (Å²) in [6.45, 7) is 2.11. The van der Waals surface area contributed by atoms with Crippen molar-refractivity contribution in [3.05, 3.63) is 99.7 Å². The molecule has 162 valence electrons. The molecule has 1 aromatic heterocycles. The van der Waals surface area contributed by atoms with Crippen LogP contribution in [0.15, 0.2) is 60.7 Å². The molecule has 0 unspecified atom stereocenters. The minimum atomic E-state index is -0.458. The zero-order chi connectivity index (χ0) is 22.4. The number of aromatic amines is 1. The van der Waals surface area contributed by atoms with Crippen molar-refractivity contribution in [2.45, 2.75) is 19.4 Å². The van der Waals surface area contributed by atoms with E-state index < -0.39 is 6.04 Å². The molecular weight excluding hydrogens is 432 g/mol. The summed E-state index contributed by atoms with van der Waals surface area (Å²) in [5, 5.41) is 4.45. The number of fused-ring (bicyclic) bond motifs is 3. The van der Waals surface area contributed by atoms with Gasteiger partial charge in [0.05, 0.1) is 6.04 Å². The third-order valence-electron chi connectivity index (χ3n) is 5.96. The highest BCUT2D eigenvalue weighted by atomic mass is 35.5. The molecule has 0 fully saturated rings. The molecule has 32 heavy (non-hydrogen) atoms. The van der Waals surface area contributed by atoms with Crippen molar-refractivity contribution in [2.75, 3.05) is 11.9 Å². The summed E-state index contributed by atoms with van der Waals surface area (Å²) in [4.78, 5) is 18.4. The van der Waals surface area contributed by atoms with Crippen LogP contribution in [0.4, 0.5) is 19.3 Å². The van der Waals surface area contributed by atoms with Crippen LogP contribution in [0.25, 0.3) is 10.9 Å². The largest absolute Gasteiger partial charge is 0.356 e. The van der Waals surface area contributed by atoms with E-state index in [2.05, 4.69) is 10.3 Å². The molecule has 0 aliphatic carbocycles. The minimum Gasteiger partial charge on any atom is -0.356 e. The second-order valence-electron chi connectivity index (χ2n) is 8.00. The summed E-state index contributed by atoms with van der Waals surface area (Å²) in [6, 6.07) is 15.6. The molecular formula is C25H20ClF2N3O. The Morgan fingerprint density at radius 2 is 1.88 bits per heavy atom. The molecule has 1 atom stereocenters. The van der Waals surface area contributed by atoms with Gasteiger partial charge in [-0.1, -0.05) is 29.8 Å². The van der Waals surface area contributed by atoms with Crippen LogP contribution in [0, 0.1) is 18.6 Å². The molecule has 4 aromatic rings. The fourth-order valence-corrected chi connectivity index (χ4v) is 4.51. The lowest BCUT2D eigenvalue weighted by Crippen LogP contribution is -2.43. The number of carbonyl (C=O) groups is 1. The van der Waals surface area contributed by atoms with E-state index in [1.807, 2.05) is 18.2 Å². The van der Waals surface area contributed by atoms with Crippen molar-refractivity contribution in [1.82, 2.24) is 9.88 Å². The third kappa shape index (κ3) is 3.60. The molecule has 1 aliphatic rings. The van der Waals surface area contributed by atoms with Gasteiger partial charge >= 0.3 is 6.03 Å². The zero-order valence-electron chi connectivity index (χ0n) is 17.3. The van der Waals surface area contributed by atoms with Crippen molar-refractivity contribution in [3.8, 4) is 0 Å². The van der Waals surface area contributed by atoms with Crippen LogP contribution in [-0.2, 0) is 6.42 Å². The number of halogens is 3. The maximum absolute atomic E-state index is 14.0. The number of rotatable bonds is 2. The molecule has 7 heteroatoms. The van der Waals surface area contributed by atoms with Crippen LogP contribution in [-0.4, -0.2) is 22.5 Å². The first-order valence-electron chi connectivity index (χ1n) is 10.3. The summed E-state index contributed by atoms with van der Waals surface area (Å²) in [7, 11) is 0. The summed E-state index contributed by atoms with van der Waals surface area (Å²) >= 11 is 6.22. The Kier molecular flexibility index (Phi) is 5.10. The van der Waals surface area contributed by atoms with Gasteiger partial charge in [-0.05, 0) is 72.5 Å². The maximum atomic E-state index is 14.0. The van der Waals surface area contributed by atoms with Crippen molar-refractivity contribution in [2.24, 2.45) is 0 Å². The number of nitrogens with one attached hydrogen (secondary N) is 2. The number of benzene rings is 3. The molecule has 0 bridgehead atoms. The maximum Gasteiger partial charge on any atom is 0.322 e. The molecule has 4 nitrogen and oxygen atoms in total. The predicted molar refractivity (Wildman–Crippen MR) is 122 cm³/mol. The number of aryl methyl sites for hydroxylation is 1. The summed E-state index contributed by atoms with van der Waals surface area (Å²) in [5.74, 6) is -0.731. The number of anilines is 1. The Morgan fingerprint density at radius 1 is 1.09 bits per heavy atom. The molecule has 5 rings (SSSR count). The van der Waals surface area contributed by atoms with Crippen molar-refractivity contribution < 1.29 is 13.6 Å². The summed E-state index contributed by atoms with van der Waals surface area (Å²) in [6.07, 6.45) is 0.628. The lowest BCUT2D eigenvalue weighted by atomic mass is 9.92. The first kappa shape index (κ1) is 20.5. The average molecular weight is 452 g/mol. The van der Waals surface area contributed by atoms with Gasteiger partial charge in [-0.2, -0.15) is 0 Å². The van der Waals surface area contributed by atoms with Gasteiger partial charge in [-0.15, -0.1) is 0 Å². The van der Waals surface area contributed by atoms with Crippen LogP contribution in [0.1, 0.15) is 28.4 Å². The highest BCUT2D eigenvalue weighted by Crippen LogP contribution is 2.39. The minimum absolute atomic E-state index is 0.348. The number of hydrogen-bond acceptors (Lipinski definition) is 1. The first-order valence-corrected chi connectivity index (χ1v) is 10.7. The third-order valence-corrected chi connectivity index (χ3v) is 6.19. The van der Waals surface area contributed by atoms with Gasteiger partial charge in [-0.25, -0.2) is 13.6 Å². The number of H-pyrrole nitrogens is 1. The molecule has 2 N–H and O–H groups in total. The normalized spacial score (nSPS) is 15.6. The topological polar surface area (TPSA) is 48.1 Å². The highest BCUT2D eigenvalue weighted by molar-refractivity contribution is 6.31. The van der Waals surface area contributed by atoms with Crippen molar-refractivity contribution in [3.63, 3.8) is 0 Å². The van der Waals surface area contributed by atoms with E-state index in [0.29, 0.717) is 29.2 Å². The van der Waals surface area contributed by atoms with Crippen LogP contribution in [0.2, 0.25) is 5.02 Å². The number of aromatic nitrogens is 1. The molecule has 0 spiro atoms. The second kappa shape index (κ2) is 7.95. The van der Waals surface area contributed by atoms with E-state index >= 15 is 0 Å². The van der Waals surface area contributed by atoms with E-state index in [4.69, 9.17) is 11.6 Å². The zero-order valence-corrected chi connectivity index (χ0v) is 18.0. The quantitative estimate of drug-likeness (QED) is 0.355. The van der Waals surface area contributed by atoms with E-state index in [1.165, 1.54) is 18.2 Å². The van der Waals surface area contributed by atoms with Gasteiger partial charge in [0, 0.05) is 33.9 Å². The number of urea groups is 1. The fraction of sp³-hybridized carbons (Fsp3) is 0.160. The number of nitrogens with zero attached hydrogens (tertiary/aromatic N) is 1. The molecule has 2 amide bonds. The first-order chi connectivity index (χ1) is 15.4. The van der Waals surface area contributed by atoms with E-state index in [9.17, 15) is 13.6 Å². The Labute approximate surface area is 188 Å². The van der Waals surface area contributed by atoms with E-state index in [-0.39, 0.29) is 17.7 Å². The lowest BCUT2D eigenvalue weighted by Gasteiger charge is -2.36. The number of carbonyl (C=O) groups excluding carboxylic acids is 1. The molecule has 0 saturated carbocycles. The molecule has 1 aliphatic heterocycles. The molecule has 3 aromatic carbocycles. The molecule has 0 saturated heterocycles. The van der Waals surface area contributed by atoms with Gasteiger partial charge in [0.1, 0.15) is 11.6 Å². The molecule has 2 heterocycles. The number of hydrogen-bond donors (Lipinski definition) is 2. The van der Waals surface area contributed by atoms with Crippen LogP contribution in [0.5, 0.6) is 0 Å². The van der Waals surface area contributed by atoms with Gasteiger partial charge in [0.2, 0.25) is 0 Å². The predicted octanol–water partition coefficient (Wildman–Crippen LogP) is 6.59. The van der Waals surface area contributed by atoms with E-state index in [1.54, 1.807) is 36.1 Å². The van der Waals surface area contributed by atoms with Gasteiger partial charge in [-0.3, -0.25) is 0 Å². The lowest BCUT2D eigenvalue weighted by molar-refractivity contribution is 0.193. The van der Waals surface area contributed by atoms with Crippen molar-refractivity contribution in [1.29, 1.82) is 0 Å². The average Bonchev–Trinajstić information content (AvgIpc) is 3.14. The van der Waals surface area contributed by atoms with Crippen LogP contribution in [0.3, 0.4) is 0 Å². The monoisotopic (exact) mass is 451 g/mol. The summed E-state index contributed by atoms with van der Waals surface area (Å²) < 4.78 is 27.6. The Bertz CT molecular complexity index is 1330. The standard InChI is InChI=1S/C25H20ClF2N3O/c1-14-2-8-18(13-21(14)28)29-25(32)31-11-10-19-20-12-16(26)5-9-22(20)30-23(19)24(31)15-3-6-17(27)7-4-15/h2-9,12-13,24,30H,10-11H2,1H3,(H,29,32)/t24-/m0/s1. The smallest absolute Gasteiger partial charge is 0.322 e. The van der Waals surface area contributed by atoms with Crippen molar-refractivity contribution >= 4 is 34.2 Å². The molecule has 0 radical (unpaired) electrons. The second-order valence-corrected chi connectivity index (χ2v) is 8.44. The Hall–Kier alpha value is -3.38. The Balaban J connectivity index is 1.57. The SMILES string of the molecule is Cc1ccc(NC(=O)N2CCc3c([nH]c4ccc(Cl)cc34)[C@@H]2c2ccc(F)cc2)cc1F. The van der Waals surface area contributed by atoms with Gasteiger partial charge in [0.15, 0.2) is 0 Å². The number of amides is 2. The van der Waals surface area contributed by atoms with Gasteiger partial charge < -0.3 is 15.2 Å². The van der Waals surface area contributed by atoms with E-state index in [0.717, 1.165) is 27.7 Å². The highest BCUT2D eigenvalue weighted by Gasteiger charge is 2.34. The Morgan fingerprint density at radius 3 is 2.62 bits per heavy atom. The fourth-order valence-electron chi connectivity index (χ4n) is 4.34.